The minimum atomic E-state index is 0. The summed E-state index contributed by atoms with van der Waals surface area (Å²) in [5, 5.41) is 3.57. The highest BCUT2D eigenvalue weighted by atomic mass is 35.5. The Labute approximate surface area is 116 Å². The summed E-state index contributed by atoms with van der Waals surface area (Å²) in [6, 6.07) is 6.76. The number of hydrogen-bond donors (Lipinski definition) is 1. The van der Waals surface area contributed by atoms with Crippen LogP contribution in [0.15, 0.2) is 24.8 Å². The molecule has 1 aromatic rings. The molecule has 1 saturated heterocycles. The Morgan fingerprint density at radius 2 is 2.22 bits per heavy atom. The first-order valence-electron chi connectivity index (χ1n) is 6.60. The van der Waals surface area contributed by atoms with Gasteiger partial charge in [-0.25, -0.2) is 0 Å². The maximum absolute atomic E-state index is 4.12. The van der Waals surface area contributed by atoms with Gasteiger partial charge < -0.3 is 5.32 Å². The number of halogens is 1. The predicted octanol–water partition coefficient (Wildman–Crippen LogP) is 3.78. The van der Waals surface area contributed by atoms with Crippen molar-refractivity contribution in [3.8, 4) is 0 Å². The molecule has 1 aromatic carbocycles. The normalized spacial score (nSPS) is 29.1. The Bertz CT molecular complexity index is 480. The van der Waals surface area contributed by atoms with Gasteiger partial charge in [-0.15, -0.1) is 12.4 Å². The van der Waals surface area contributed by atoms with Gasteiger partial charge in [0.1, 0.15) is 0 Å². The van der Waals surface area contributed by atoms with E-state index in [-0.39, 0.29) is 12.4 Å². The van der Waals surface area contributed by atoms with E-state index < -0.39 is 0 Å². The number of benzene rings is 1. The minimum Gasteiger partial charge on any atom is -0.316 e. The van der Waals surface area contributed by atoms with Gasteiger partial charge in [0.25, 0.3) is 0 Å². The molecular formula is C16H22ClN. The van der Waals surface area contributed by atoms with E-state index >= 15 is 0 Å². The van der Waals surface area contributed by atoms with Crippen LogP contribution in [-0.4, -0.2) is 13.1 Å². The van der Waals surface area contributed by atoms with Crippen LogP contribution in [-0.2, 0) is 6.42 Å². The van der Waals surface area contributed by atoms with Gasteiger partial charge in [-0.3, -0.25) is 0 Å². The third-order valence-corrected chi connectivity index (χ3v) is 4.71. The average Bonchev–Trinajstić information content (AvgIpc) is 2.70. The summed E-state index contributed by atoms with van der Waals surface area (Å²) < 4.78 is 0. The summed E-state index contributed by atoms with van der Waals surface area (Å²) in [5.74, 6) is 0.700. The van der Waals surface area contributed by atoms with Gasteiger partial charge in [-0.2, -0.15) is 0 Å². The second kappa shape index (κ2) is 4.71. The Balaban J connectivity index is 0.00000120. The van der Waals surface area contributed by atoms with Crippen LogP contribution in [0.4, 0.5) is 0 Å². The van der Waals surface area contributed by atoms with Crippen LogP contribution in [0.1, 0.15) is 42.9 Å². The van der Waals surface area contributed by atoms with Crippen molar-refractivity contribution in [2.45, 2.75) is 32.6 Å². The lowest BCUT2D eigenvalue weighted by Gasteiger charge is -2.37. The maximum atomic E-state index is 4.12. The molecule has 0 unspecified atom stereocenters. The van der Waals surface area contributed by atoms with Gasteiger partial charge in [0.05, 0.1) is 0 Å². The van der Waals surface area contributed by atoms with Gasteiger partial charge in [0, 0.05) is 19.0 Å². The van der Waals surface area contributed by atoms with Gasteiger partial charge in [-0.1, -0.05) is 37.3 Å². The lowest BCUT2D eigenvalue weighted by Crippen LogP contribution is -2.30. The van der Waals surface area contributed by atoms with Crippen molar-refractivity contribution in [2.24, 2.45) is 5.41 Å². The molecule has 0 amide bonds. The molecule has 2 atom stereocenters. The molecule has 1 nitrogen and oxygen atoms in total. The van der Waals surface area contributed by atoms with Crippen LogP contribution in [0.5, 0.6) is 0 Å². The van der Waals surface area contributed by atoms with Gasteiger partial charge in [0.2, 0.25) is 0 Å². The summed E-state index contributed by atoms with van der Waals surface area (Å²) >= 11 is 0. The molecule has 98 valence electrons. The van der Waals surface area contributed by atoms with E-state index in [4.69, 9.17) is 0 Å². The van der Waals surface area contributed by atoms with E-state index in [1.165, 1.54) is 30.5 Å². The van der Waals surface area contributed by atoms with Crippen LogP contribution in [0.25, 0.3) is 5.57 Å². The van der Waals surface area contributed by atoms with Crippen LogP contribution in [0.2, 0.25) is 0 Å². The quantitative estimate of drug-likeness (QED) is 0.813. The molecular weight excluding hydrogens is 242 g/mol. The molecule has 1 aliphatic heterocycles. The molecule has 0 radical (unpaired) electrons. The van der Waals surface area contributed by atoms with Gasteiger partial charge in [0.15, 0.2) is 0 Å². The van der Waals surface area contributed by atoms with Crippen LogP contribution >= 0.6 is 12.4 Å². The fourth-order valence-corrected chi connectivity index (χ4v) is 3.64. The fraction of sp³-hybridized carbons (Fsp3) is 0.500. The van der Waals surface area contributed by atoms with Crippen molar-refractivity contribution in [3.63, 3.8) is 0 Å². The summed E-state index contributed by atoms with van der Waals surface area (Å²) in [5.41, 5.74) is 6.20. The Kier molecular flexibility index (Phi) is 3.57. The second-order valence-electron chi connectivity index (χ2n) is 5.99. The molecule has 0 bridgehead atoms. The van der Waals surface area contributed by atoms with E-state index in [1.54, 1.807) is 11.1 Å². The van der Waals surface area contributed by atoms with E-state index in [1.807, 2.05) is 0 Å². The highest BCUT2D eigenvalue weighted by Crippen LogP contribution is 2.48. The molecule has 0 aromatic heterocycles. The average molecular weight is 264 g/mol. The summed E-state index contributed by atoms with van der Waals surface area (Å²) in [7, 11) is 0. The lowest BCUT2D eigenvalue weighted by molar-refractivity contribution is 0.277. The third-order valence-electron chi connectivity index (χ3n) is 4.71. The monoisotopic (exact) mass is 263 g/mol. The van der Waals surface area contributed by atoms with Crippen LogP contribution in [0, 0.1) is 5.41 Å². The zero-order chi connectivity index (χ0) is 12.0. The number of rotatable bonds is 1. The second-order valence-corrected chi connectivity index (χ2v) is 5.99. The van der Waals surface area contributed by atoms with Crippen molar-refractivity contribution in [1.29, 1.82) is 0 Å². The third kappa shape index (κ3) is 1.90. The Morgan fingerprint density at radius 1 is 1.44 bits per heavy atom. The smallest absolute Gasteiger partial charge is 0.00324 e. The Morgan fingerprint density at radius 3 is 2.94 bits per heavy atom. The standard InChI is InChI=1S/C16H21N.ClH/c1-11(2)12-5-4-6-14-13(12)7-8-16(3)10-17-9-15(14)16;/h4-6,15,17H,1,7-10H2,2-3H3;1H/t15-,16-;/m1./s1. The first-order valence-corrected chi connectivity index (χ1v) is 6.60. The number of allylic oxidation sites excluding steroid dienone is 1. The highest BCUT2D eigenvalue weighted by molar-refractivity contribution is 5.85. The zero-order valence-corrected chi connectivity index (χ0v) is 12.1. The van der Waals surface area contributed by atoms with Crippen molar-refractivity contribution in [3.05, 3.63) is 41.5 Å². The first kappa shape index (κ1) is 13.6. The van der Waals surface area contributed by atoms with E-state index in [2.05, 4.69) is 43.9 Å². The molecule has 2 heteroatoms. The fourth-order valence-electron chi connectivity index (χ4n) is 3.64. The zero-order valence-electron chi connectivity index (χ0n) is 11.3. The number of fused-ring (bicyclic) bond motifs is 3. The SMILES string of the molecule is C=C(C)c1cccc2c1CC[C@]1(C)CNC[C@H]21.Cl. The summed E-state index contributed by atoms with van der Waals surface area (Å²) in [6.45, 7) is 11.0. The molecule has 3 rings (SSSR count). The summed E-state index contributed by atoms with van der Waals surface area (Å²) in [4.78, 5) is 0. The molecule has 0 spiro atoms. The largest absolute Gasteiger partial charge is 0.316 e. The van der Waals surface area contributed by atoms with Crippen LogP contribution < -0.4 is 5.32 Å². The van der Waals surface area contributed by atoms with E-state index in [9.17, 15) is 0 Å². The van der Waals surface area contributed by atoms with Crippen LogP contribution in [0.3, 0.4) is 0 Å². The molecule has 0 saturated carbocycles. The molecule has 1 fully saturated rings. The number of nitrogens with one attached hydrogen (secondary N) is 1. The van der Waals surface area contributed by atoms with Crippen molar-refractivity contribution in [1.82, 2.24) is 5.32 Å². The molecule has 2 aliphatic rings. The van der Waals surface area contributed by atoms with Gasteiger partial charge in [-0.05, 0) is 41.9 Å². The molecule has 1 N–H and O–H groups in total. The Hall–Kier alpha value is -0.790. The maximum Gasteiger partial charge on any atom is 0.00324 e. The molecule has 1 heterocycles. The van der Waals surface area contributed by atoms with Crippen molar-refractivity contribution < 1.29 is 0 Å². The lowest BCUT2D eigenvalue weighted by atomic mass is 9.66. The van der Waals surface area contributed by atoms with Crippen molar-refractivity contribution in [2.75, 3.05) is 13.1 Å². The summed E-state index contributed by atoms with van der Waals surface area (Å²) in [6.07, 6.45) is 2.52. The van der Waals surface area contributed by atoms with E-state index in [0.29, 0.717) is 11.3 Å². The van der Waals surface area contributed by atoms with Gasteiger partial charge >= 0.3 is 0 Å². The first-order chi connectivity index (χ1) is 8.12. The minimum absolute atomic E-state index is 0. The topological polar surface area (TPSA) is 12.0 Å². The molecule has 1 aliphatic carbocycles. The van der Waals surface area contributed by atoms with E-state index in [0.717, 1.165) is 6.54 Å². The predicted molar refractivity (Wildman–Crippen MR) is 80.4 cm³/mol. The molecule has 18 heavy (non-hydrogen) atoms. The number of hydrogen-bond acceptors (Lipinski definition) is 1. The highest BCUT2D eigenvalue weighted by Gasteiger charge is 2.43. The van der Waals surface area contributed by atoms with Crippen molar-refractivity contribution >= 4 is 18.0 Å².